The molecular weight excluding hydrogens is 446 g/mol. The summed E-state index contributed by atoms with van der Waals surface area (Å²) in [5.74, 6) is 5.44. The van der Waals surface area contributed by atoms with E-state index in [1.807, 2.05) is 24.3 Å². The van der Waals surface area contributed by atoms with Gasteiger partial charge in [0.25, 0.3) is 5.91 Å². The first-order chi connectivity index (χ1) is 16.7. The number of amidine groups is 1. The van der Waals surface area contributed by atoms with Crippen LogP contribution in [0.1, 0.15) is 71.9 Å². The Morgan fingerprint density at radius 3 is 2.49 bits per heavy atom. The number of carbonyl (C=O) groups is 2. The molecule has 1 heterocycles. The maximum absolute atomic E-state index is 12.4. The summed E-state index contributed by atoms with van der Waals surface area (Å²) in [5.41, 5.74) is 9.00. The number of aliphatic hydroxyl groups excluding tert-OH is 1. The minimum atomic E-state index is -0.326. The van der Waals surface area contributed by atoms with Gasteiger partial charge in [-0.25, -0.2) is 15.9 Å². The maximum atomic E-state index is 12.4. The highest BCUT2D eigenvalue weighted by molar-refractivity contribution is 6.00. The summed E-state index contributed by atoms with van der Waals surface area (Å²) in [4.78, 5) is 27.2. The Kier molecular flexibility index (Phi) is 11.1. The van der Waals surface area contributed by atoms with E-state index in [2.05, 4.69) is 20.7 Å². The molecule has 0 radical (unpaired) electrons. The molecule has 0 spiro atoms. The highest BCUT2D eigenvalue weighted by Gasteiger charge is 2.13. The van der Waals surface area contributed by atoms with Crippen LogP contribution in [0.3, 0.4) is 0 Å². The number of hydrogen-bond donors (Lipinski definition) is 5. The molecule has 10 nitrogen and oxygen atoms in total. The van der Waals surface area contributed by atoms with Crippen LogP contribution in [-0.4, -0.2) is 45.9 Å². The smallest absolute Gasteiger partial charge is 0.270 e. The molecule has 2 aromatic rings. The summed E-state index contributed by atoms with van der Waals surface area (Å²) in [5, 5.41) is 19.9. The molecule has 0 bridgehead atoms. The zero-order valence-electron chi connectivity index (χ0n) is 20.8. The van der Waals surface area contributed by atoms with E-state index in [1.54, 1.807) is 33.0 Å². The lowest BCUT2D eigenvalue weighted by molar-refractivity contribution is -0.119. The number of aryl methyl sites for hydroxylation is 1. The summed E-state index contributed by atoms with van der Waals surface area (Å²) in [6.07, 6.45) is 6.27. The monoisotopic (exact) mass is 483 g/mol. The summed E-state index contributed by atoms with van der Waals surface area (Å²) in [6, 6.07) is 11.1. The molecule has 2 amide bonds. The number of aromatic nitrogens is 1. The summed E-state index contributed by atoms with van der Waals surface area (Å²) in [6.45, 7) is 3.64. The predicted molar refractivity (Wildman–Crippen MR) is 136 cm³/mol. The largest absolute Gasteiger partial charge is 0.392 e. The van der Waals surface area contributed by atoms with Gasteiger partial charge in [-0.15, -0.1) is 5.10 Å². The van der Waals surface area contributed by atoms with Gasteiger partial charge in [0.05, 0.1) is 6.61 Å². The van der Waals surface area contributed by atoms with Gasteiger partial charge in [-0.2, -0.15) is 0 Å². The van der Waals surface area contributed by atoms with Crippen molar-refractivity contribution in [2.24, 2.45) is 16.7 Å². The van der Waals surface area contributed by atoms with E-state index in [9.17, 15) is 9.59 Å². The van der Waals surface area contributed by atoms with Gasteiger partial charge in [-0.05, 0) is 43.0 Å². The lowest BCUT2D eigenvalue weighted by Gasteiger charge is -2.21. The lowest BCUT2D eigenvalue weighted by Crippen LogP contribution is -2.34. The number of carbonyl (C=O) groups excluding carboxylic acids is 2. The van der Waals surface area contributed by atoms with Crippen molar-refractivity contribution in [1.29, 1.82) is 0 Å². The molecule has 1 aromatic heterocycles. The standard InChI is InChI=1S/C17H22N6O2.C8H15NO/c1-11-6-14(16(18)22-23(2)19)8-15(21-11)17(25)20-9-12-4-3-5-13(7-12)10-24;1-7(10)9-8-5-3-2-4-6-8/h3-8,24H,9-10,19H2,1-2H3,(H2,18,22)(H,20,25);8H,2-6H2,1H3,(H,9,10). The Balaban J connectivity index is 0.000000360. The van der Waals surface area contributed by atoms with Gasteiger partial charge in [0.1, 0.15) is 5.69 Å². The van der Waals surface area contributed by atoms with Gasteiger partial charge in [0.2, 0.25) is 5.91 Å². The van der Waals surface area contributed by atoms with Crippen molar-refractivity contribution in [1.82, 2.24) is 20.7 Å². The number of rotatable bonds is 7. The number of benzene rings is 1. The van der Waals surface area contributed by atoms with Crippen LogP contribution in [0, 0.1) is 6.92 Å². The number of hydrazine groups is 1. The van der Waals surface area contributed by atoms with Crippen LogP contribution in [0.15, 0.2) is 41.5 Å². The third-order valence-corrected chi connectivity index (χ3v) is 5.39. The Hall–Kier alpha value is -3.50. The van der Waals surface area contributed by atoms with Crippen LogP contribution in [0.25, 0.3) is 0 Å². The van der Waals surface area contributed by atoms with E-state index in [0.717, 1.165) is 16.2 Å². The summed E-state index contributed by atoms with van der Waals surface area (Å²) < 4.78 is 0. The molecule has 1 saturated carbocycles. The van der Waals surface area contributed by atoms with Gasteiger partial charge in [0.15, 0.2) is 5.84 Å². The molecular formula is C25H37N7O3. The zero-order chi connectivity index (χ0) is 25.8. The predicted octanol–water partition coefficient (Wildman–Crippen LogP) is 1.69. The second-order valence-electron chi connectivity index (χ2n) is 8.64. The Bertz CT molecular complexity index is 1020. The van der Waals surface area contributed by atoms with Crippen molar-refractivity contribution in [2.45, 2.75) is 65.1 Å². The fourth-order valence-corrected chi connectivity index (χ4v) is 3.81. The quantitative estimate of drug-likeness (QED) is 0.173. The SMILES string of the molecule is CC(=O)NC1CCCCC1.Cc1cc(/C(N)=N/N(C)N)cc(C(=O)NCc2cccc(CO)c2)n1. The highest BCUT2D eigenvalue weighted by atomic mass is 16.3. The topological polar surface area (TPSA) is 159 Å². The molecule has 1 aliphatic carbocycles. The molecule has 1 fully saturated rings. The van der Waals surface area contributed by atoms with Gasteiger partial charge in [0, 0.05) is 37.8 Å². The zero-order valence-corrected chi connectivity index (χ0v) is 20.8. The third-order valence-electron chi connectivity index (χ3n) is 5.39. The second-order valence-corrected chi connectivity index (χ2v) is 8.64. The van der Waals surface area contributed by atoms with Crippen LogP contribution in [0.5, 0.6) is 0 Å². The number of hydrogen-bond acceptors (Lipinski definition) is 7. The highest BCUT2D eigenvalue weighted by Crippen LogP contribution is 2.17. The van der Waals surface area contributed by atoms with Crippen molar-refractivity contribution in [3.63, 3.8) is 0 Å². The maximum Gasteiger partial charge on any atom is 0.270 e. The molecule has 7 N–H and O–H groups in total. The van der Waals surface area contributed by atoms with Crippen LogP contribution in [-0.2, 0) is 17.9 Å². The van der Waals surface area contributed by atoms with Crippen LogP contribution in [0.2, 0.25) is 0 Å². The molecule has 1 aromatic carbocycles. The fraction of sp³-hybridized carbons (Fsp3) is 0.440. The number of hydrazone groups is 1. The molecule has 35 heavy (non-hydrogen) atoms. The number of nitrogens with one attached hydrogen (secondary N) is 2. The van der Waals surface area contributed by atoms with Crippen molar-refractivity contribution in [2.75, 3.05) is 7.05 Å². The summed E-state index contributed by atoms with van der Waals surface area (Å²) in [7, 11) is 1.55. The van der Waals surface area contributed by atoms with E-state index >= 15 is 0 Å². The minimum Gasteiger partial charge on any atom is -0.392 e. The lowest BCUT2D eigenvalue weighted by atomic mass is 9.95. The van der Waals surface area contributed by atoms with E-state index in [-0.39, 0.29) is 30.0 Å². The Morgan fingerprint density at radius 2 is 1.86 bits per heavy atom. The van der Waals surface area contributed by atoms with E-state index in [4.69, 9.17) is 16.7 Å². The van der Waals surface area contributed by atoms with E-state index in [0.29, 0.717) is 23.8 Å². The van der Waals surface area contributed by atoms with Gasteiger partial charge in [-0.1, -0.05) is 43.5 Å². The molecule has 0 saturated heterocycles. The number of nitrogens with two attached hydrogens (primary N) is 2. The first-order valence-corrected chi connectivity index (χ1v) is 11.7. The first kappa shape index (κ1) is 27.7. The number of amides is 2. The van der Waals surface area contributed by atoms with E-state index in [1.165, 1.54) is 32.1 Å². The molecule has 190 valence electrons. The second kappa shape index (κ2) is 14.0. The van der Waals surface area contributed by atoms with Crippen LogP contribution >= 0.6 is 0 Å². The van der Waals surface area contributed by atoms with Crippen molar-refractivity contribution in [3.8, 4) is 0 Å². The normalized spacial score (nSPS) is 13.9. The van der Waals surface area contributed by atoms with Crippen molar-refractivity contribution >= 4 is 17.6 Å². The fourth-order valence-electron chi connectivity index (χ4n) is 3.81. The average Bonchev–Trinajstić information content (AvgIpc) is 2.82. The molecule has 0 unspecified atom stereocenters. The number of pyridine rings is 1. The molecule has 10 heteroatoms. The van der Waals surface area contributed by atoms with Crippen LogP contribution in [0.4, 0.5) is 0 Å². The third kappa shape index (κ3) is 10.1. The van der Waals surface area contributed by atoms with Gasteiger partial charge >= 0.3 is 0 Å². The first-order valence-electron chi connectivity index (χ1n) is 11.7. The molecule has 0 aliphatic heterocycles. The van der Waals surface area contributed by atoms with Crippen molar-refractivity contribution < 1.29 is 14.7 Å². The minimum absolute atomic E-state index is 0.0429. The molecule has 1 aliphatic rings. The Labute approximate surface area is 206 Å². The van der Waals surface area contributed by atoms with Crippen LogP contribution < -0.4 is 22.2 Å². The number of nitrogens with zero attached hydrogens (tertiary/aromatic N) is 3. The Morgan fingerprint density at radius 1 is 1.17 bits per heavy atom. The van der Waals surface area contributed by atoms with Gasteiger partial charge in [-0.3, -0.25) is 9.59 Å². The van der Waals surface area contributed by atoms with E-state index < -0.39 is 0 Å². The van der Waals surface area contributed by atoms with Gasteiger partial charge < -0.3 is 21.5 Å². The number of aliphatic hydroxyl groups is 1. The molecule has 3 rings (SSSR count). The molecule has 0 atom stereocenters. The average molecular weight is 484 g/mol. The summed E-state index contributed by atoms with van der Waals surface area (Å²) >= 11 is 0. The van der Waals surface area contributed by atoms with Crippen molar-refractivity contribution in [3.05, 3.63) is 64.5 Å².